The first-order chi connectivity index (χ1) is 10.2. The smallest absolute Gasteiger partial charge is 0.120 e. The van der Waals surface area contributed by atoms with Crippen molar-refractivity contribution < 1.29 is 9.84 Å². The summed E-state index contributed by atoms with van der Waals surface area (Å²) in [4.78, 5) is 2.45. The predicted octanol–water partition coefficient (Wildman–Crippen LogP) is 2.78. The zero-order valence-corrected chi connectivity index (χ0v) is 13.4. The molecule has 1 aliphatic rings. The number of rotatable bonds is 6. The fraction of sp³-hybridized carbons (Fsp3) is 0.647. The van der Waals surface area contributed by atoms with Crippen molar-refractivity contribution in [2.24, 2.45) is 5.92 Å². The zero-order valence-electron chi connectivity index (χ0n) is 13.4. The minimum atomic E-state index is 0.194. The topological polar surface area (TPSA) is 44.7 Å². The molecule has 1 aromatic carbocycles. The zero-order chi connectivity index (χ0) is 15.2. The van der Waals surface area contributed by atoms with Gasteiger partial charge in [-0.15, -0.1) is 0 Å². The van der Waals surface area contributed by atoms with Crippen LogP contribution in [0, 0.1) is 5.92 Å². The summed E-state index contributed by atoms with van der Waals surface area (Å²) < 4.78 is 5.29. The molecule has 0 bridgehead atoms. The van der Waals surface area contributed by atoms with Gasteiger partial charge in [-0.1, -0.05) is 6.92 Å². The molecule has 1 atom stereocenters. The van der Waals surface area contributed by atoms with E-state index in [9.17, 15) is 5.11 Å². The van der Waals surface area contributed by atoms with Crippen LogP contribution in [0.3, 0.4) is 0 Å². The second kappa shape index (κ2) is 7.66. The van der Waals surface area contributed by atoms with E-state index in [1.807, 2.05) is 6.07 Å². The van der Waals surface area contributed by atoms with Crippen molar-refractivity contribution in [2.45, 2.75) is 32.7 Å². The van der Waals surface area contributed by atoms with Gasteiger partial charge < -0.3 is 15.2 Å². The Bertz CT molecular complexity index is 444. The van der Waals surface area contributed by atoms with Crippen molar-refractivity contribution >= 4 is 0 Å². The van der Waals surface area contributed by atoms with E-state index < -0.39 is 0 Å². The number of hydrogen-bond acceptors (Lipinski definition) is 4. The van der Waals surface area contributed by atoms with Gasteiger partial charge in [0.05, 0.1) is 7.11 Å². The van der Waals surface area contributed by atoms with Crippen LogP contribution < -0.4 is 10.1 Å². The van der Waals surface area contributed by atoms with Crippen LogP contribution in [-0.4, -0.2) is 43.3 Å². The first kappa shape index (κ1) is 16.1. The molecule has 1 aromatic rings. The summed E-state index contributed by atoms with van der Waals surface area (Å²) in [7, 11) is 1.66. The lowest BCUT2D eigenvalue weighted by atomic mass is 9.96. The summed E-state index contributed by atoms with van der Waals surface area (Å²) in [5, 5.41) is 13.6. The van der Waals surface area contributed by atoms with E-state index >= 15 is 0 Å². The fourth-order valence-corrected chi connectivity index (χ4v) is 3.15. The molecule has 0 spiro atoms. The number of benzene rings is 1. The van der Waals surface area contributed by atoms with E-state index in [1.54, 1.807) is 19.2 Å². The molecular formula is C17H28N2O2. The summed E-state index contributed by atoms with van der Waals surface area (Å²) in [5.41, 5.74) is 0.949. The van der Waals surface area contributed by atoms with E-state index in [0.29, 0.717) is 5.75 Å². The summed E-state index contributed by atoms with van der Waals surface area (Å²) in [5.74, 6) is 1.90. The van der Waals surface area contributed by atoms with Crippen LogP contribution >= 0.6 is 0 Å². The quantitative estimate of drug-likeness (QED) is 0.846. The second-order valence-corrected chi connectivity index (χ2v) is 5.88. The van der Waals surface area contributed by atoms with Gasteiger partial charge in [0.2, 0.25) is 0 Å². The minimum absolute atomic E-state index is 0.194. The SMILES string of the molecule is CCN(CC1CCNCC1)C(C)c1cc(OC)ccc1O. The van der Waals surface area contributed by atoms with Gasteiger partial charge in [0.1, 0.15) is 11.5 Å². The van der Waals surface area contributed by atoms with Crippen LogP contribution in [0.4, 0.5) is 0 Å². The van der Waals surface area contributed by atoms with Gasteiger partial charge in [-0.05, 0) is 63.5 Å². The monoisotopic (exact) mass is 292 g/mol. The highest BCUT2D eigenvalue weighted by atomic mass is 16.5. The highest BCUT2D eigenvalue weighted by Crippen LogP contribution is 2.32. The largest absolute Gasteiger partial charge is 0.508 e. The van der Waals surface area contributed by atoms with Crippen molar-refractivity contribution in [2.75, 3.05) is 33.3 Å². The lowest BCUT2D eigenvalue weighted by molar-refractivity contribution is 0.166. The van der Waals surface area contributed by atoms with Crippen LogP contribution in [0.1, 0.15) is 38.3 Å². The third-order valence-electron chi connectivity index (χ3n) is 4.59. The number of hydrogen-bond donors (Lipinski definition) is 2. The molecule has 2 rings (SSSR count). The average Bonchev–Trinajstić information content (AvgIpc) is 2.53. The first-order valence-electron chi connectivity index (χ1n) is 7.97. The Hall–Kier alpha value is -1.26. The van der Waals surface area contributed by atoms with E-state index in [4.69, 9.17) is 4.74 Å². The highest BCUT2D eigenvalue weighted by Gasteiger charge is 2.22. The summed E-state index contributed by atoms with van der Waals surface area (Å²) in [6.07, 6.45) is 2.49. The molecule has 0 saturated carbocycles. The number of ether oxygens (including phenoxy) is 1. The summed E-state index contributed by atoms with van der Waals surface area (Å²) >= 11 is 0. The van der Waals surface area contributed by atoms with Gasteiger partial charge >= 0.3 is 0 Å². The van der Waals surface area contributed by atoms with Crippen molar-refractivity contribution in [3.8, 4) is 11.5 Å². The standard InChI is InChI=1S/C17H28N2O2/c1-4-19(12-14-7-9-18-10-8-14)13(2)16-11-15(21-3)5-6-17(16)20/h5-6,11,13-14,18,20H,4,7-10,12H2,1-3H3. The van der Waals surface area contributed by atoms with Crippen LogP contribution in [-0.2, 0) is 0 Å². The molecule has 1 saturated heterocycles. The molecule has 1 fully saturated rings. The lowest BCUT2D eigenvalue weighted by Crippen LogP contribution is -2.37. The van der Waals surface area contributed by atoms with E-state index in [-0.39, 0.29) is 6.04 Å². The third-order valence-corrected chi connectivity index (χ3v) is 4.59. The maximum absolute atomic E-state index is 10.2. The molecule has 118 valence electrons. The normalized spacial score (nSPS) is 17.9. The summed E-state index contributed by atoms with van der Waals surface area (Å²) in [6, 6.07) is 5.67. The Balaban J connectivity index is 2.09. The van der Waals surface area contributed by atoms with Crippen LogP contribution in [0.15, 0.2) is 18.2 Å². The van der Waals surface area contributed by atoms with Crippen molar-refractivity contribution in [3.05, 3.63) is 23.8 Å². The van der Waals surface area contributed by atoms with E-state index in [1.165, 1.54) is 12.8 Å². The molecule has 1 unspecified atom stereocenters. The Morgan fingerprint density at radius 2 is 2.10 bits per heavy atom. The number of nitrogens with one attached hydrogen (secondary N) is 1. The first-order valence-corrected chi connectivity index (χ1v) is 7.97. The number of methoxy groups -OCH3 is 1. The molecule has 1 aliphatic heterocycles. The van der Waals surface area contributed by atoms with Gasteiger partial charge in [-0.2, -0.15) is 0 Å². The molecular weight excluding hydrogens is 264 g/mol. The van der Waals surface area contributed by atoms with Crippen LogP contribution in [0.5, 0.6) is 11.5 Å². The lowest BCUT2D eigenvalue weighted by Gasteiger charge is -2.34. The van der Waals surface area contributed by atoms with Crippen LogP contribution in [0.25, 0.3) is 0 Å². The molecule has 0 aromatic heterocycles. The maximum Gasteiger partial charge on any atom is 0.120 e. The number of phenolic OH excluding ortho intramolecular Hbond substituents is 1. The van der Waals surface area contributed by atoms with Gasteiger partial charge in [0.15, 0.2) is 0 Å². The Kier molecular flexibility index (Phi) is 5.88. The molecule has 0 radical (unpaired) electrons. The minimum Gasteiger partial charge on any atom is -0.508 e. The van der Waals surface area contributed by atoms with Gasteiger partial charge in [0, 0.05) is 18.2 Å². The Morgan fingerprint density at radius 1 is 1.38 bits per heavy atom. The van der Waals surface area contributed by atoms with Gasteiger partial charge in [-0.25, -0.2) is 0 Å². The molecule has 2 N–H and O–H groups in total. The van der Waals surface area contributed by atoms with Crippen molar-refractivity contribution in [1.29, 1.82) is 0 Å². The van der Waals surface area contributed by atoms with Crippen molar-refractivity contribution in [3.63, 3.8) is 0 Å². The van der Waals surface area contributed by atoms with Crippen molar-refractivity contribution in [1.82, 2.24) is 10.2 Å². The maximum atomic E-state index is 10.2. The Morgan fingerprint density at radius 3 is 2.71 bits per heavy atom. The highest BCUT2D eigenvalue weighted by molar-refractivity contribution is 5.41. The predicted molar refractivity (Wildman–Crippen MR) is 85.9 cm³/mol. The molecule has 1 heterocycles. The third kappa shape index (κ3) is 4.11. The number of nitrogens with zero attached hydrogens (tertiary/aromatic N) is 1. The fourth-order valence-electron chi connectivity index (χ4n) is 3.15. The molecule has 4 nitrogen and oxygen atoms in total. The number of phenols is 1. The second-order valence-electron chi connectivity index (χ2n) is 5.88. The molecule has 4 heteroatoms. The number of piperidine rings is 1. The molecule has 0 amide bonds. The Labute approximate surface area is 128 Å². The van der Waals surface area contributed by atoms with Crippen LogP contribution in [0.2, 0.25) is 0 Å². The number of aromatic hydroxyl groups is 1. The van der Waals surface area contributed by atoms with E-state index in [0.717, 1.165) is 43.4 Å². The molecule has 0 aliphatic carbocycles. The van der Waals surface area contributed by atoms with Gasteiger partial charge in [0.25, 0.3) is 0 Å². The molecule has 21 heavy (non-hydrogen) atoms. The van der Waals surface area contributed by atoms with Gasteiger partial charge in [-0.3, -0.25) is 4.90 Å². The average molecular weight is 292 g/mol. The van der Waals surface area contributed by atoms with E-state index in [2.05, 4.69) is 24.1 Å². The summed E-state index contributed by atoms with van der Waals surface area (Å²) in [6.45, 7) is 8.69.